The van der Waals surface area contributed by atoms with E-state index >= 15 is 0 Å². The molecule has 78 valence electrons. The Morgan fingerprint density at radius 2 is 2.07 bits per heavy atom. The van der Waals surface area contributed by atoms with Crippen molar-refractivity contribution in [1.82, 2.24) is 5.32 Å². The smallest absolute Gasteiger partial charge is 0.0210 e. The first-order valence-electron chi connectivity index (χ1n) is 5.19. The number of nitrogens with one attached hydrogen (secondary N) is 1. The maximum atomic E-state index is 3.59. The minimum atomic E-state index is 1.06. The van der Waals surface area contributed by atoms with Crippen molar-refractivity contribution < 1.29 is 0 Å². The van der Waals surface area contributed by atoms with Crippen molar-refractivity contribution in [2.75, 3.05) is 13.1 Å². The van der Waals surface area contributed by atoms with Crippen LogP contribution in [0.2, 0.25) is 0 Å². The summed E-state index contributed by atoms with van der Waals surface area (Å²) in [7, 11) is 0. The molecule has 0 saturated carbocycles. The van der Waals surface area contributed by atoms with Crippen LogP contribution in [0.4, 0.5) is 0 Å². The molecule has 2 heteroatoms. The van der Waals surface area contributed by atoms with Gasteiger partial charge in [-0.1, -0.05) is 35.0 Å². The quantitative estimate of drug-likeness (QED) is 0.797. The molecular weight excluding hydrogens is 238 g/mol. The molecule has 1 N–H and O–H groups in total. The molecule has 0 heterocycles. The summed E-state index contributed by atoms with van der Waals surface area (Å²) < 4.78 is 1.23. The van der Waals surface area contributed by atoms with Crippen LogP contribution in [0.5, 0.6) is 0 Å². The third-order valence-electron chi connectivity index (χ3n) is 2.21. The minimum Gasteiger partial charge on any atom is -0.316 e. The molecule has 0 saturated heterocycles. The second kappa shape index (κ2) is 6.20. The van der Waals surface area contributed by atoms with E-state index in [4.69, 9.17) is 0 Å². The van der Waals surface area contributed by atoms with Gasteiger partial charge in [0.25, 0.3) is 0 Å². The average Bonchev–Trinajstić information content (AvgIpc) is 2.15. The summed E-state index contributed by atoms with van der Waals surface area (Å²) in [6.45, 7) is 6.48. The van der Waals surface area contributed by atoms with E-state index in [1.165, 1.54) is 22.0 Å². The normalized spacial score (nSPS) is 10.5. The third-order valence-corrected chi connectivity index (χ3v) is 2.94. The van der Waals surface area contributed by atoms with Crippen molar-refractivity contribution in [3.8, 4) is 0 Å². The lowest BCUT2D eigenvalue weighted by atomic mass is 10.1. The molecule has 0 unspecified atom stereocenters. The Kier molecular flexibility index (Phi) is 5.20. The Morgan fingerprint density at radius 1 is 1.29 bits per heavy atom. The molecule has 1 nitrogen and oxygen atoms in total. The van der Waals surface area contributed by atoms with E-state index < -0.39 is 0 Å². The zero-order valence-corrected chi connectivity index (χ0v) is 10.5. The molecule has 0 aliphatic rings. The van der Waals surface area contributed by atoms with Crippen molar-refractivity contribution >= 4 is 15.9 Å². The number of halogens is 1. The number of aryl methyl sites for hydroxylation is 1. The van der Waals surface area contributed by atoms with Crippen LogP contribution in [0.1, 0.15) is 24.5 Å². The molecule has 0 spiro atoms. The highest BCUT2D eigenvalue weighted by atomic mass is 79.9. The van der Waals surface area contributed by atoms with E-state index in [0.717, 1.165) is 19.5 Å². The summed E-state index contributed by atoms with van der Waals surface area (Å²) in [5, 5.41) is 3.40. The highest BCUT2D eigenvalue weighted by Crippen LogP contribution is 2.18. The zero-order chi connectivity index (χ0) is 10.4. The predicted octanol–water partition coefficient (Wildman–Crippen LogP) is 3.30. The first-order valence-corrected chi connectivity index (χ1v) is 5.99. The van der Waals surface area contributed by atoms with Crippen molar-refractivity contribution in [2.45, 2.75) is 26.7 Å². The van der Waals surface area contributed by atoms with Crippen LogP contribution in [-0.4, -0.2) is 13.1 Å². The topological polar surface area (TPSA) is 12.0 Å². The van der Waals surface area contributed by atoms with E-state index in [2.05, 4.69) is 53.3 Å². The summed E-state index contributed by atoms with van der Waals surface area (Å²) in [5.41, 5.74) is 2.70. The fraction of sp³-hybridized carbons (Fsp3) is 0.500. The monoisotopic (exact) mass is 255 g/mol. The molecule has 0 atom stereocenters. The SMILES string of the molecule is CCCNCCc1ccc(C)cc1Br. The highest BCUT2D eigenvalue weighted by molar-refractivity contribution is 9.10. The van der Waals surface area contributed by atoms with Gasteiger partial charge in [0.05, 0.1) is 0 Å². The molecular formula is C12H18BrN. The Hall–Kier alpha value is -0.340. The summed E-state index contributed by atoms with van der Waals surface area (Å²) in [6.07, 6.45) is 2.30. The van der Waals surface area contributed by atoms with Gasteiger partial charge >= 0.3 is 0 Å². The van der Waals surface area contributed by atoms with Crippen molar-refractivity contribution in [3.05, 3.63) is 33.8 Å². The second-order valence-electron chi connectivity index (χ2n) is 3.59. The maximum absolute atomic E-state index is 3.59. The molecule has 1 rings (SSSR count). The average molecular weight is 256 g/mol. The fourth-order valence-electron chi connectivity index (χ4n) is 1.38. The molecule has 0 amide bonds. The fourth-order valence-corrected chi connectivity index (χ4v) is 2.07. The lowest BCUT2D eigenvalue weighted by Crippen LogP contribution is -2.17. The number of hydrogen-bond acceptors (Lipinski definition) is 1. The Balaban J connectivity index is 2.42. The lowest BCUT2D eigenvalue weighted by Gasteiger charge is -2.06. The van der Waals surface area contributed by atoms with Crippen molar-refractivity contribution in [2.24, 2.45) is 0 Å². The van der Waals surface area contributed by atoms with Gasteiger partial charge in [0.2, 0.25) is 0 Å². The van der Waals surface area contributed by atoms with E-state index in [9.17, 15) is 0 Å². The van der Waals surface area contributed by atoms with Gasteiger partial charge in [-0.25, -0.2) is 0 Å². The standard InChI is InChI=1S/C12H18BrN/c1-3-7-14-8-6-11-5-4-10(2)9-12(11)13/h4-5,9,14H,3,6-8H2,1-2H3. The molecule has 1 aromatic carbocycles. The van der Waals surface area contributed by atoms with Gasteiger partial charge in [0.1, 0.15) is 0 Å². The molecule has 14 heavy (non-hydrogen) atoms. The molecule has 0 radical (unpaired) electrons. The summed E-state index contributed by atoms with van der Waals surface area (Å²) in [5.74, 6) is 0. The van der Waals surface area contributed by atoms with Crippen LogP contribution in [0.25, 0.3) is 0 Å². The van der Waals surface area contributed by atoms with Crippen LogP contribution in [0, 0.1) is 6.92 Å². The van der Waals surface area contributed by atoms with Crippen LogP contribution >= 0.6 is 15.9 Å². The highest BCUT2D eigenvalue weighted by Gasteiger charge is 1.98. The first-order chi connectivity index (χ1) is 6.74. The van der Waals surface area contributed by atoms with E-state index in [1.807, 2.05) is 0 Å². The number of rotatable bonds is 5. The van der Waals surface area contributed by atoms with E-state index in [0.29, 0.717) is 0 Å². The van der Waals surface area contributed by atoms with Gasteiger partial charge < -0.3 is 5.32 Å². The van der Waals surface area contributed by atoms with Crippen molar-refractivity contribution in [1.29, 1.82) is 0 Å². The number of benzene rings is 1. The van der Waals surface area contributed by atoms with Gasteiger partial charge in [-0.2, -0.15) is 0 Å². The van der Waals surface area contributed by atoms with Gasteiger partial charge in [0, 0.05) is 4.47 Å². The Bertz CT molecular complexity index is 284. The van der Waals surface area contributed by atoms with Gasteiger partial charge in [0.15, 0.2) is 0 Å². The molecule has 0 bridgehead atoms. The second-order valence-corrected chi connectivity index (χ2v) is 4.45. The van der Waals surface area contributed by atoms with Crippen LogP contribution < -0.4 is 5.32 Å². The third kappa shape index (κ3) is 3.81. The molecule has 0 aromatic heterocycles. The van der Waals surface area contributed by atoms with Gasteiger partial charge in [-0.15, -0.1) is 0 Å². The van der Waals surface area contributed by atoms with Gasteiger partial charge in [-0.05, 0) is 50.0 Å². The maximum Gasteiger partial charge on any atom is 0.0210 e. The molecule has 1 aromatic rings. The largest absolute Gasteiger partial charge is 0.316 e. The molecule has 0 aliphatic carbocycles. The summed E-state index contributed by atoms with van der Waals surface area (Å²) in [6, 6.07) is 6.54. The predicted molar refractivity (Wildman–Crippen MR) is 65.7 cm³/mol. The van der Waals surface area contributed by atoms with Crippen molar-refractivity contribution in [3.63, 3.8) is 0 Å². The Morgan fingerprint density at radius 3 is 2.71 bits per heavy atom. The van der Waals surface area contributed by atoms with E-state index in [1.54, 1.807) is 0 Å². The van der Waals surface area contributed by atoms with Gasteiger partial charge in [-0.3, -0.25) is 0 Å². The number of hydrogen-bond donors (Lipinski definition) is 1. The Labute approximate surface area is 95.0 Å². The first kappa shape index (κ1) is 11.7. The summed E-state index contributed by atoms with van der Waals surface area (Å²) >= 11 is 3.59. The summed E-state index contributed by atoms with van der Waals surface area (Å²) in [4.78, 5) is 0. The van der Waals surface area contributed by atoms with E-state index in [-0.39, 0.29) is 0 Å². The molecule has 0 aliphatic heterocycles. The minimum absolute atomic E-state index is 1.06. The van der Waals surface area contributed by atoms with Crippen LogP contribution in [0.15, 0.2) is 22.7 Å². The zero-order valence-electron chi connectivity index (χ0n) is 8.94. The molecule has 0 fully saturated rings. The van der Waals surface area contributed by atoms with Crippen LogP contribution in [-0.2, 0) is 6.42 Å². The van der Waals surface area contributed by atoms with Crippen LogP contribution in [0.3, 0.4) is 0 Å². The lowest BCUT2D eigenvalue weighted by molar-refractivity contribution is 0.670.